The number of amides is 2. The summed E-state index contributed by atoms with van der Waals surface area (Å²) in [4.78, 5) is 28.1. The molecule has 1 aliphatic rings. The number of ether oxygens (including phenoxy) is 1. The van der Waals surface area contributed by atoms with Gasteiger partial charge >= 0.3 is 0 Å². The summed E-state index contributed by atoms with van der Waals surface area (Å²) in [5.41, 5.74) is 3.79. The van der Waals surface area contributed by atoms with E-state index >= 15 is 0 Å². The number of imide groups is 1. The van der Waals surface area contributed by atoms with E-state index in [1.807, 2.05) is 61.5 Å². The van der Waals surface area contributed by atoms with Crippen LogP contribution >= 0.6 is 0 Å². The van der Waals surface area contributed by atoms with Gasteiger partial charge in [-0.2, -0.15) is 0 Å². The summed E-state index contributed by atoms with van der Waals surface area (Å²) < 4.78 is 5.48. The minimum Gasteiger partial charge on any atom is -0.494 e. The molecule has 3 aromatic rings. The summed E-state index contributed by atoms with van der Waals surface area (Å²) in [7, 11) is 0. The minimum absolute atomic E-state index is 0.271. The fourth-order valence-electron chi connectivity index (χ4n) is 3.71. The summed E-state index contributed by atoms with van der Waals surface area (Å²) in [6, 6.07) is 24.2. The maximum absolute atomic E-state index is 13.4. The summed E-state index contributed by atoms with van der Waals surface area (Å²) in [6.07, 6.45) is 0. The van der Waals surface area contributed by atoms with Gasteiger partial charge in [0.15, 0.2) is 0 Å². The van der Waals surface area contributed by atoms with Crippen molar-refractivity contribution in [2.45, 2.75) is 26.7 Å². The summed E-state index contributed by atoms with van der Waals surface area (Å²) in [5.74, 6) is 0.362. The molecule has 2 amide bonds. The van der Waals surface area contributed by atoms with Gasteiger partial charge in [-0.05, 0) is 60.4 Å². The van der Waals surface area contributed by atoms with E-state index in [0.29, 0.717) is 35.1 Å². The van der Waals surface area contributed by atoms with Crippen LogP contribution in [0.2, 0.25) is 0 Å². The van der Waals surface area contributed by atoms with Crippen molar-refractivity contribution in [2.24, 2.45) is 0 Å². The van der Waals surface area contributed by atoms with Crippen LogP contribution in [-0.4, -0.2) is 18.4 Å². The van der Waals surface area contributed by atoms with Gasteiger partial charge in [-0.3, -0.25) is 9.59 Å². The van der Waals surface area contributed by atoms with E-state index in [-0.39, 0.29) is 17.5 Å². The number of carbonyl (C=O) groups excluding carboxylic acids is 2. The Hall–Kier alpha value is -3.86. The molecule has 4 rings (SSSR count). The third-order valence-corrected chi connectivity index (χ3v) is 5.40. The number of benzene rings is 3. The first-order valence-corrected chi connectivity index (χ1v) is 10.8. The molecule has 0 radical (unpaired) electrons. The van der Waals surface area contributed by atoms with Crippen LogP contribution in [0.15, 0.2) is 84.6 Å². The van der Waals surface area contributed by atoms with Crippen molar-refractivity contribution in [3.8, 4) is 5.75 Å². The highest BCUT2D eigenvalue weighted by Crippen LogP contribution is 2.34. The molecule has 5 nitrogen and oxygen atoms in total. The van der Waals surface area contributed by atoms with Crippen LogP contribution in [0.25, 0.3) is 5.57 Å². The molecule has 0 atom stereocenters. The minimum atomic E-state index is -0.383. The topological polar surface area (TPSA) is 58.6 Å². The molecule has 0 unspecified atom stereocenters. The second-order valence-electron chi connectivity index (χ2n) is 7.89. The summed E-state index contributed by atoms with van der Waals surface area (Å²) in [6.45, 7) is 6.71. The lowest BCUT2D eigenvalue weighted by Crippen LogP contribution is -2.32. The molecule has 5 heteroatoms. The van der Waals surface area contributed by atoms with Crippen molar-refractivity contribution in [2.75, 3.05) is 16.8 Å². The van der Waals surface area contributed by atoms with Gasteiger partial charge < -0.3 is 10.1 Å². The van der Waals surface area contributed by atoms with Gasteiger partial charge in [0.05, 0.1) is 17.9 Å². The Morgan fingerprint density at radius 2 is 1.50 bits per heavy atom. The maximum atomic E-state index is 13.4. The molecular formula is C27H26N2O3. The van der Waals surface area contributed by atoms with Gasteiger partial charge in [0, 0.05) is 5.69 Å². The van der Waals surface area contributed by atoms with E-state index in [1.165, 1.54) is 10.5 Å². The zero-order valence-electron chi connectivity index (χ0n) is 18.5. The fraction of sp³-hybridized carbons (Fsp3) is 0.185. The molecule has 32 heavy (non-hydrogen) atoms. The van der Waals surface area contributed by atoms with Crippen molar-refractivity contribution in [1.82, 2.24) is 0 Å². The van der Waals surface area contributed by atoms with Crippen LogP contribution in [0.4, 0.5) is 11.4 Å². The second-order valence-corrected chi connectivity index (χ2v) is 7.89. The Bertz CT molecular complexity index is 1150. The zero-order valence-corrected chi connectivity index (χ0v) is 18.5. The SMILES string of the molecule is CCOc1ccc(N2C(=O)C(Nc3ccc(C(C)C)cc3)=C(c3ccccc3)C2=O)cc1. The predicted molar refractivity (Wildman–Crippen MR) is 128 cm³/mol. The van der Waals surface area contributed by atoms with Gasteiger partial charge in [0.25, 0.3) is 11.8 Å². The van der Waals surface area contributed by atoms with E-state index < -0.39 is 0 Å². The summed E-state index contributed by atoms with van der Waals surface area (Å²) in [5, 5.41) is 3.21. The predicted octanol–water partition coefficient (Wildman–Crippen LogP) is 5.61. The number of nitrogens with zero attached hydrogens (tertiary/aromatic N) is 1. The van der Waals surface area contributed by atoms with E-state index in [0.717, 1.165) is 5.69 Å². The molecule has 1 aliphatic heterocycles. The highest BCUT2D eigenvalue weighted by Gasteiger charge is 2.40. The third kappa shape index (κ3) is 4.14. The number of rotatable bonds is 7. The molecule has 3 aromatic carbocycles. The van der Waals surface area contributed by atoms with Crippen molar-refractivity contribution < 1.29 is 14.3 Å². The summed E-state index contributed by atoms with van der Waals surface area (Å²) >= 11 is 0. The highest BCUT2D eigenvalue weighted by molar-refractivity contribution is 6.46. The van der Waals surface area contributed by atoms with Crippen molar-refractivity contribution in [3.63, 3.8) is 0 Å². The lowest BCUT2D eigenvalue weighted by Gasteiger charge is -2.16. The van der Waals surface area contributed by atoms with E-state index in [4.69, 9.17) is 4.74 Å². The van der Waals surface area contributed by atoms with E-state index in [9.17, 15) is 9.59 Å². The molecule has 1 N–H and O–H groups in total. The fourth-order valence-corrected chi connectivity index (χ4v) is 3.71. The smallest absolute Gasteiger partial charge is 0.282 e. The number of hydrogen-bond acceptors (Lipinski definition) is 4. The Balaban J connectivity index is 1.72. The van der Waals surface area contributed by atoms with E-state index in [1.54, 1.807) is 24.3 Å². The standard InChI is InChI=1S/C27H26N2O3/c1-4-32-23-16-14-22(15-17-23)29-26(30)24(20-8-6-5-7-9-20)25(27(29)31)28-21-12-10-19(11-13-21)18(2)3/h5-18,28H,4H2,1-3H3. The average Bonchev–Trinajstić information content (AvgIpc) is 3.05. The second kappa shape index (κ2) is 9.10. The van der Waals surface area contributed by atoms with Gasteiger partial charge in [-0.1, -0.05) is 56.3 Å². The maximum Gasteiger partial charge on any atom is 0.282 e. The molecule has 0 saturated carbocycles. The van der Waals surface area contributed by atoms with Crippen LogP contribution in [-0.2, 0) is 9.59 Å². The van der Waals surface area contributed by atoms with Crippen LogP contribution in [0.5, 0.6) is 5.75 Å². The molecule has 0 saturated heterocycles. The van der Waals surface area contributed by atoms with Gasteiger partial charge in [-0.25, -0.2) is 4.90 Å². The number of carbonyl (C=O) groups is 2. The molecule has 0 spiro atoms. The Kier molecular flexibility index (Phi) is 6.08. The Morgan fingerprint density at radius 3 is 2.09 bits per heavy atom. The van der Waals surface area contributed by atoms with E-state index in [2.05, 4.69) is 19.2 Å². The molecule has 0 aliphatic carbocycles. The van der Waals surface area contributed by atoms with Crippen LogP contribution in [0.1, 0.15) is 37.8 Å². The Labute approximate surface area is 188 Å². The van der Waals surface area contributed by atoms with Gasteiger partial charge in [-0.15, -0.1) is 0 Å². The first-order valence-electron chi connectivity index (χ1n) is 10.8. The molecule has 0 fully saturated rings. The lowest BCUT2D eigenvalue weighted by molar-refractivity contribution is -0.120. The average molecular weight is 427 g/mol. The molecule has 0 bridgehead atoms. The molecule has 0 aromatic heterocycles. The highest BCUT2D eigenvalue weighted by atomic mass is 16.5. The van der Waals surface area contributed by atoms with Crippen molar-refractivity contribution >= 4 is 28.8 Å². The molecule has 162 valence electrons. The van der Waals surface area contributed by atoms with Crippen LogP contribution in [0, 0.1) is 0 Å². The largest absolute Gasteiger partial charge is 0.494 e. The Morgan fingerprint density at radius 1 is 0.844 bits per heavy atom. The van der Waals surface area contributed by atoms with Crippen molar-refractivity contribution in [1.29, 1.82) is 0 Å². The lowest BCUT2D eigenvalue weighted by atomic mass is 10.0. The molecular weight excluding hydrogens is 400 g/mol. The first-order chi connectivity index (χ1) is 15.5. The normalized spacial score (nSPS) is 13.8. The van der Waals surface area contributed by atoms with Gasteiger partial charge in [0.2, 0.25) is 0 Å². The number of hydrogen-bond donors (Lipinski definition) is 1. The molecule has 1 heterocycles. The first kappa shape index (κ1) is 21.4. The monoisotopic (exact) mass is 426 g/mol. The number of anilines is 2. The third-order valence-electron chi connectivity index (χ3n) is 5.40. The zero-order chi connectivity index (χ0) is 22.7. The quantitative estimate of drug-likeness (QED) is 0.499. The number of nitrogens with one attached hydrogen (secondary N) is 1. The van der Waals surface area contributed by atoms with Gasteiger partial charge in [0.1, 0.15) is 11.4 Å². The van der Waals surface area contributed by atoms with Crippen LogP contribution in [0.3, 0.4) is 0 Å². The van der Waals surface area contributed by atoms with Crippen molar-refractivity contribution in [3.05, 3.63) is 95.7 Å². The van der Waals surface area contributed by atoms with Crippen LogP contribution < -0.4 is 15.0 Å².